The van der Waals surface area contributed by atoms with E-state index in [-0.39, 0.29) is 5.56 Å². The maximum Gasteiger partial charge on any atom is 0.254 e. The molecule has 3 aromatic heterocycles. The van der Waals surface area contributed by atoms with Crippen LogP contribution < -0.4 is 11.3 Å². The Morgan fingerprint density at radius 3 is 2.81 bits per heavy atom. The summed E-state index contributed by atoms with van der Waals surface area (Å²) in [5.41, 5.74) is 7.67. The summed E-state index contributed by atoms with van der Waals surface area (Å²) in [7, 11) is 0. The third-order valence-corrected chi connectivity index (χ3v) is 4.91. The van der Waals surface area contributed by atoms with Gasteiger partial charge < -0.3 is 15.2 Å². The Morgan fingerprint density at radius 2 is 2.15 bits per heavy atom. The molecule has 0 aromatic carbocycles. The SMILES string of the molecule is Cc1nc(-c2cccnc2)[nH]c(=O)c1CCc1nc(C2(N)CCC2)no1. The monoisotopic (exact) mass is 352 g/mol. The summed E-state index contributed by atoms with van der Waals surface area (Å²) in [6.07, 6.45) is 7.14. The lowest BCUT2D eigenvalue weighted by atomic mass is 9.77. The van der Waals surface area contributed by atoms with Crippen molar-refractivity contribution in [3.8, 4) is 11.4 Å². The van der Waals surface area contributed by atoms with E-state index in [1.165, 1.54) is 0 Å². The van der Waals surface area contributed by atoms with Crippen LogP contribution in [0.25, 0.3) is 11.4 Å². The van der Waals surface area contributed by atoms with Crippen molar-refractivity contribution < 1.29 is 4.52 Å². The fourth-order valence-electron chi connectivity index (χ4n) is 3.12. The molecular formula is C18H20N6O2. The van der Waals surface area contributed by atoms with Crippen LogP contribution in [0.2, 0.25) is 0 Å². The second kappa shape index (κ2) is 6.45. The van der Waals surface area contributed by atoms with E-state index in [2.05, 4.69) is 25.1 Å². The third kappa shape index (κ3) is 3.03. The summed E-state index contributed by atoms with van der Waals surface area (Å²) in [4.78, 5) is 28.3. The van der Waals surface area contributed by atoms with Crippen molar-refractivity contribution >= 4 is 0 Å². The molecule has 8 nitrogen and oxygen atoms in total. The number of aromatic amines is 1. The number of nitrogens with two attached hydrogens (primary N) is 1. The molecule has 1 fully saturated rings. The van der Waals surface area contributed by atoms with Crippen LogP contribution >= 0.6 is 0 Å². The molecule has 0 amide bonds. The molecule has 0 bridgehead atoms. The Hall–Kier alpha value is -2.87. The van der Waals surface area contributed by atoms with E-state index in [1.807, 2.05) is 13.0 Å². The number of nitrogens with zero attached hydrogens (tertiary/aromatic N) is 4. The lowest BCUT2D eigenvalue weighted by Gasteiger charge is -2.34. The molecule has 3 N–H and O–H groups in total. The van der Waals surface area contributed by atoms with E-state index in [4.69, 9.17) is 10.3 Å². The van der Waals surface area contributed by atoms with Crippen molar-refractivity contribution in [1.29, 1.82) is 0 Å². The van der Waals surface area contributed by atoms with Gasteiger partial charge in [-0.1, -0.05) is 5.16 Å². The van der Waals surface area contributed by atoms with Gasteiger partial charge in [-0.3, -0.25) is 9.78 Å². The van der Waals surface area contributed by atoms with Gasteiger partial charge in [-0.15, -0.1) is 0 Å². The van der Waals surface area contributed by atoms with Gasteiger partial charge in [0, 0.05) is 35.6 Å². The maximum atomic E-state index is 12.5. The highest BCUT2D eigenvalue weighted by Gasteiger charge is 2.38. The predicted octanol–water partition coefficient (Wildman–Crippen LogP) is 1.65. The largest absolute Gasteiger partial charge is 0.339 e. The highest BCUT2D eigenvalue weighted by Crippen LogP contribution is 2.36. The minimum Gasteiger partial charge on any atom is -0.339 e. The third-order valence-electron chi connectivity index (χ3n) is 4.91. The molecule has 0 radical (unpaired) electrons. The van der Waals surface area contributed by atoms with Crippen LogP contribution in [0.4, 0.5) is 0 Å². The minimum atomic E-state index is -0.442. The van der Waals surface area contributed by atoms with Crippen LogP contribution in [0.15, 0.2) is 33.8 Å². The van der Waals surface area contributed by atoms with E-state index in [0.29, 0.717) is 41.6 Å². The van der Waals surface area contributed by atoms with Crippen molar-refractivity contribution in [2.75, 3.05) is 0 Å². The van der Waals surface area contributed by atoms with Gasteiger partial charge >= 0.3 is 0 Å². The Kier molecular flexibility index (Phi) is 4.12. The van der Waals surface area contributed by atoms with E-state index in [0.717, 1.165) is 24.8 Å². The van der Waals surface area contributed by atoms with Gasteiger partial charge in [0.2, 0.25) is 5.89 Å². The van der Waals surface area contributed by atoms with E-state index >= 15 is 0 Å². The van der Waals surface area contributed by atoms with Crippen molar-refractivity contribution in [2.24, 2.45) is 5.73 Å². The second-order valence-corrected chi connectivity index (χ2v) is 6.74. The van der Waals surface area contributed by atoms with Gasteiger partial charge in [-0.25, -0.2) is 4.98 Å². The zero-order chi connectivity index (χ0) is 18.1. The normalized spacial score (nSPS) is 15.6. The molecule has 0 atom stereocenters. The Balaban J connectivity index is 1.51. The van der Waals surface area contributed by atoms with Gasteiger partial charge in [0.15, 0.2) is 5.82 Å². The summed E-state index contributed by atoms with van der Waals surface area (Å²) in [6, 6.07) is 3.66. The average molecular weight is 352 g/mol. The number of hydrogen-bond donors (Lipinski definition) is 2. The standard InChI is InChI=1S/C18H20N6O2/c1-11-13(16(25)23-15(21-11)12-4-2-9-20-10-12)5-6-14-22-17(24-26-14)18(19)7-3-8-18/h2,4,9-10H,3,5-8,19H2,1H3,(H,21,23,25). The molecule has 1 saturated carbocycles. The minimum absolute atomic E-state index is 0.162. The summed E-state index contributed by atoms with van der Waals surface area (Å²) in [5.74, 6) is 1.57. The highest BCUT2D eigenvalue weighted by atomic mass is 16.5. The Morgan fingerprint density at radius 1 is 1.31 bits per heavy atom. The molecule has 3 heterocycles. The zero-order valence-corrected chi connectivity index (χ0v) is 14.5. The molecule has 4 rings (SSSR count). The first kappa shape index (κ1) is 16.6. The molecule has 0 saturated heterocycles. The first-order valence-electron chi connectivity index (χ1n) is 8.67. The van der Waals surface area contributed by atoms with Crippen molar-refractivity contribution in [3.05, 3.63) is 57.9 Å². The maximum absolute atomic E-state index is 12.5. The highest BCUT2D eigenvalue weighted by molar-refractivity contribution is 5.53. The summed E-state index contributed by atoms with van der Waals surface area (Å²) in [5, 5.41) is 4.00. The zero-order valence-electron chi connectivity index (χ0n) is 14.5. The van der Waals surface area contributed by atoms with Gasteiger partial charge in [-0.2, -0.15) is 4.98 Å². The topological polar surface area (TPSA) is 124 Å². The molecule has 0 aliphatic heterocycles. The fraction of sp³-hybridized carbons (Fsp3) is 0.389. The molecule has 134 valence electrons. The summed E-state index contributed by atoms with van der Waals surface area (Å²) >= 11 is 0. The first-order chi connectivity index (χ1) is 12.5. The molecule has 1 aliphatic carbocycles. The molecular weight excluding hydrogens is 332 g/mol. The molecule has 0 spiro atoms. The van der Waals surface area contributed by atoms with Gasteiger partial charge in [-0.05, 0) is 44.7 Å². The Labute approximate surface area is 149 Å². The van der Waals surface area contributed by atoms with Crippen LogP contribution in [0, 0.1) is 6.92 Å². The smallest absolute Gasteiger partial charge is 0.254 e. The molecule has 8 heteroatoms. The number of aryl methyl sites for hydroxylation is 2. The van der Waals surface area contributed by atoms with Crippen LogP contribution in [0.1, 0.15) is 42.2 Å². The quantitative estimate of drug-likeness (QED) is 0.715. The number of aromatic nitrogens is 5. The number of hydrogen-bond acceptors (Lipinski definition) is 7. The van der Waals surface area contributed by atoms with Crippen molar-refractivity contribution in [2.45, 2.75) is 44.6 Å². The molecule has 26 heavy (non-hydrogen) atoms. The van der Waals surface area contributed by atoms with Crippen LogP contribution in [-0.2, 0) is 18.4 Å². The van der Waals surface area contributed by atoms with Gasteiger partial charge in [0.05, 0.1) is 5.54 Å². The van der Waals surface area contributed by atoms with Crippen LogP contribution in [0.5, 0.6) is 0 Å². The number of rotatable bonds is 5. The first-order valence-corrected chi connectivity index (χ1v) is 8.67. The van der Waals surface area contributed by atoms with Crippen molar-refractivity contribution in [3.63, 3.8) is 0 Å². The van der Waals surface area contributed by atoms with E-state index in [9.17, 15) is 4.79 Å². The van der Waals surface area contributed by atoms with E-state index < -0.39 is 5.54 Å². The number of pyridine rings is 1. The number of nitrogens with one attached hydrogen (secondary N) is 1. The Bertz CT molecular complexity index is 975. The molecule has 1 aliphatic rings. The summed E-state index contributed by atoms with van der Waals surface area (Å²) in [6.45, 7) is 1.83. The van der Waals surface area contributed by atoms with Crippen LogP contribution in [-0.4, -0.2) is 25.1 Å². The predicted molar refractivity (Wildman–Crippen MR) is 94.2 cm³/mol. The average Bonchev–Trinajstić information content (AvgIpc) is 3.09. The second-order valence-electron chi connectivity index (χ2n) is 6.74. The lowest BCUT2D eigenvalue weighted by Crippen LogP contribution is -2.44. The van der Waals surface area contributed by atoms with Gasteiger partial charge in [0.25, 0.3) is 5.56 Å². The molecule has 3 aromatic rings. The van der Waals surface area contributed by atoms with Gasteiger partial charge in [0.1, 0.15) is 5.82 Å². The fourth-order valence-corrected chi connectivity index (χ4v) is 3.12. The van der Waals surface area contributed by atoms with E-state index in [1.54, 1.807) is 18.5 Å². The molecule has 0 unspecified atom stereocenters. The lowest BCUT2D eigenvalue weighted by molar-refractivity contribution is 0.229. The summed E-state index contributed by atoms with van der Waals surface area (Å²) < 4.78 is 5.30. The number of H-pyrrole nitrogens is 1. The van der Waals surface area contributed by atoms with Crippen LogP contribution in [0.3, 0.4) is 0 Å². The van der Waals surface area contributed by atoms with Crippen molar-refractivity contribution in [1.82, 2.24) is 25.1 Å².